The van der Waals surface area contributed by atoms with E-state index in [0.29, 0.717) is 11.1 Å². The van der Waals surface area contributed by atoms with Crippen LogP contribution >= 0.6 is 0 Å². The molecule has 0 fully saturated rings. The molecule has 0 aliphatic heterocycles. The summed E-state index contributed by atoms with van der Waals surface area (Å²) in [5, 5.41) is 21.8. The Bertz CT molecular complexity index is 738. The molecule has 0 spiro atoms. The number of hydrogen-bond donors (Lipinski definition) is 4. The maximum Gasteiger partial charge on any atom is 0.325 e. The van der Waals surface area contributed by atoms with E-state index in [1.165, 1.54) is 13.8 Å². The van der Waals surface area contributed by atoms with E-state index in [1.807, 2.05) is 0 Å². The van der Waals surface area contributed by atoms with Crippen LogP contribution in [0.3, 0.4) is 0 Å². The Labute approximate surface area is 162 Å². The van der Waals surface area contributed by atoms with Crippen molar-refractivity contribution in [2.24, 2.45) is 0 Å². The molecule has 0 aromatic heterocycles. The molecule has 0 saturated heterocycles. The van der Waals surface area contributed by atoms with Gasteiger partial charge in [-0.25, -0.2) is 0 Å². The molecule has 148 valence electrons. The number of carbonyl (C=O) groups excluding carboxylic acids is 2. The van der Waals surface area contributed by atoms with Crippen molar-refractivity contribution < 1.29 is 29.4 Å². The van der Waals surface area contributed by atoms with Crippen molar-refractivity contribution in [3.8, 4) is 0 Å². The van der Waals surface area contributed by atoms with E-state index in [4.69, 9.17) is 10.2 Å². The van der Waals surface area contributed by atoms with Crippen LogP contribution in [0.15, 0.2) is 60.7 Å². The molecular formula is C20H22N2O6. The average Bonchev–Trinajstić information content (AvgIpc) is 2.69. The van der Waals surface area contributed by atoms with Crippen molar-refractivity contribution in [3.63, 3.8) is 0 Å². The standard InChI is InChI=1S/2C10H11NO3/c2*1-7(10(13)14)11-9(12)8-5-3-2-4-6-8/h2*2-7H,1H3,(H,11,12)(H,13,14). The third-order valence-electron chi connectivity index (χ3n) is 3.51. The Balaban J connectivity index is 0.000000280. The molecule has 2 amide bonds. The van der Waals surface area contributed by atoms with Crippen molar-refractivity contribution in [2.45, 2.75) is 25.9 Å². The molecule has 0 saturated carbocycles. The van der Waals surface area contributed by atoms with Gasteiger partial charge < -0.3 is 20.8 Å². The van der Waals surface area contributed by atoms with Crippen molar-refractivity contribution in [3.05, 3.63) is 71.8 Å². The molecule has 8 nitrogen and oxygen atoms in total. The molecule has 28 heavy (non-hydrogen) atoms. The van der Waals surface area contributed by atoms with Gasteiger partial charge in [0.2, 0.25) is 0 Å². The topological polar surface area (TPSA) is 133 Å². The second-order valence-electron chi connectivity index (χ2n) is 5.80. The quantitative estimate of drug-likeness (QED) is 0.598. The van der Waals surface area contributed by atoms with Crippen molar-refractivity contribution in [2.75, 3.05) is 0 Å². The number of carboxylic acid groups (broad SMARTS) is 2. The van der Waals surface area contributed by atoms with Gasteiger partial charge in [-0.1, -0.05) is 36.4 Å². The highest BCUT2D eigenvalue weighted by atomic mass is 16.4. The molecule has 2 aromatic rings. The van der Waals surface area contributed by atoms with E-state index in [1.54, 1.807) is 60.7 Å². The molecule has 4 N–H and O–H groups in total. The monoisotopic (exact) mass is 386 g/mol. The summed E-state index contributed by atoms with van der Waals surface area (Å²) in [6.07, 6.45) is 0. The summed E-state index contributed by atoms with van der Waals surface area (Å²) >= 11 is 0. The SMILES string of the molecule is CC(NC(=O)c1ccccc1)C(=O)O.CC(NC(=O)c1ccccc1)C(=O)O. The van der Waals surface area contributed by atoms with Crippen LogP contribution in [0.25, 0.3) is 0 Å². The number of aliphatic carboxylic acids is 2. The summed E-state index contributed by atoms with van der Waals surface area (Å²) in [6, 6.07) is 15.2. The minimum atomic E-state index is -1.05. The maximum absolute atomic E-state index is 11.4. The second-order valence-corrected chi connectivity index (χ2v) is 5.80. The predicted molar refractivity (Wildman–Crippen MR) is 102 cm³/mol. The van der Waals surface area contributed by atoms with Crippen molar-refractivity contribution in [1.82, 2.24) is 10.6 Å². The lowest BCUT2D eigenvalue weighted by Gasteiger charge is -2.08. The fourth-order valence-corrected chi connectivity index (χ4v) is 1.86. The lowest BCUT2D eigenvalue weighted by atomic mass is 10.2. The lowest BCUT2D eigenvalue weighted by molar-refractivity contribution is -0.139. The van der Waals surface area contributed by atoms with Gasteiger partial charge in [0.25, 0.3) is 11.8 Å². The summed E-state index contributed by atoms with van der Waals surface area (Å²) in [5.74, 6) is -2.84. The molecule has 0 aliphatic carbocycles. The first-order valence-electron chi connectivity index (χ1n) is 8.39. The fourth-order valence-electron chi connectivity index (χ4n) is 1.86. The third-order valence-corrected chi connectivity index (χ3v) is 3.51. The van der Waals surface area contributed by atoms with Gasteiger partial charge in [0.05, 0.1) is 0 Å². The number of carboxylic acids is 2. The van der Waals surface area contributed by atoms with Crippen LogP contribution in [0.4, 0.5) is 0 Å². The van der Waals surface area contributed by atoms with Gasteiger partial charge in [0.1, 0.15) is 12.1 Å². The van der Waals surface area contributed by atoms with E-state index in [9.17, 15) is 19.2 Å². The van der Waals surface area contributed by atoms with Crippen LogP contribution in [-0.2, 0) is 9.59 Å². The van der Waals surface area contributed by atoms with Crippen molar-refractivity contribution in [1.29, 1.82) is 0 Å². The highest BCUT2D eigenvalue weighted by molar-refractivity contribution is 5.97. The maximum atomic E-state index is 11.4. The first-order valence-corrected chi connectivity index (χ1v) is 8.39. The summed E-state index contributed by atoms with van der Waals surface area (Å²) in [4.78, 5) is 43.7. The Hall–Kier alpha value is -3.68. The van der Waals surface area contributed by atoms with Gasteiger partial charge in [-0.3, -0.25) is 19.2 Å². The van der Waals surface area contributed by atoms with Gasteiger partial charge in [-0.05, 0) is 38.1 Å². The number of benzene rings is 2. The largest absolute Gasteiger partial charge is 0.480 e. The van der Waals surface area contributed by atoms with E-state index in [-0.39, 0.29) is 11.8 Å². The zero-order valence-corrected chi connectivity index (χ0v) is 15.5. The van der Waals surface area contributed by atoms with Crippen LogP contribution in [-0.4, -0.2) is 46.0 Å². The first kappa shape index (κ1) is 22.4. The number of nitrogens with one attached hydrogen (secondary N) is 2. The van der Waals surface area contributed by atoms with Crippen molar-refractivity contribution >= 4 is 23.8 Å². The highest BCUT2D eigenvalue weighted by Crippen LogP contribution is 1.99. The highest BCUT2D eigenvalue weighted by Gasteiger charge is 2.15. The van der Waals surface area contributed by atoms with E-state index in [0.717, 1.165) is 0 Å². The molecule has 2 atom stereocenters. The molecule has 2 unspecified atom stereocenters. The Kier molecular flexibility index (Phi) is 8.88. The summed E-state index contributed by atoms with van der Waals surface area (Å²) in [6.45, 7) is 2.84. The zero-order chi connectivity index (χ0) is 21.1. The van der Waals surface area contributed by atoms with Crippen LogP contribution in [0.2, 0.25) is 0 Å². The Morgan fingerprint density at radius 2 is 0.929 bits per heavy atom. The summed E-state index contributed by atoms with van der Waals surface area (Å²) < 4.78 is 0. The van der Waals surface area contributed by atoms with E-state index in [2.05, 4.69) is 10.6 Å². The average molecular weight is 386 g/mol. The first-order chi connectivity index (χ1) is 13.2. The zero-order valence-electron chi connectivity index (χ0n) is 15.5. The smallest absolute Gasteiger partial charge is 0.325 e. The third kappa shape index (κ3) is 7.69. The molecule has 0 radical (unpaired) electrons. The second kappa shape index (κ2) is 11.1. The number of hydrogen-bond acceptors (Lipinski definition) is 4. The molecule has 0 heterocycles. The number of rotatable bonds is 6. The Morgan fingerprint density at radius 3 is 1.18 bits per heavy atom. The van der Waals surface area contributed by atoms with Crippen LogP contribution in [0.1, 0.15) is 34.6 Å². The molecule has 2 aromatic carbocycles. The van der Waals surface area contributed by atoms with Crippen LogP contribution < -0.4 is 10.6 Å². The van der Waals surface area contributed by atoms with Gasteiger partial charge in [0.15, 0.2) is 0 Å². The molecular weight excluding hydrogens is 364 g/mol. The van der Waals surface area contributed by atoms with Gasteiger partial charge >= 0.3 is 11.9 Å². The normalized spacial score (nSPS) is 11.8. The Morgan fingerprint density at radius 1 is 0.643 bits per heavy atom. The van der Waals surface area contributed by atoms with E-state index >= 15 is 0 Å². The minimum absolute atomic E-state index is 0.375. The van der Waals surface area contributed by atoms with Gasteiger partial charge in [0, 0.05) is 11.1 Å². The fraction of sp³-hybridized carbons (Fsp3) is 0.200. The minimum Gasteiger partial charge on any atom is -0.480 e. The molecule has 2 rings (SSSR count). The summed E-state index contributed by atoms with van der Waals surface area (Å²) in [5.41, 5.74) is 0.918. The van der Waals surface area contributed by atoms with Crippen LogP contribution in [0, 0.1) is 0 Å². The molecule has 0 bridgehead atoms. The van der Waals surface area contributed by atoms with Crippen LogP contribution in [0.5, 0.6) is 0 Å². The van der Waals surface area contributed by atoms with Gasteiger partial charge in [-0.15, -0.1) is 0 Å². The van der Waals surface area contributed by atoms with E-state index < -0.39 is 24.0 Å². The molecule has 0 aliphatic rings. The summed E-state index contributed by atoms with van der Waals surface area (Å²) in [7, 11) is 0. The predicted octanol–water partition coefficient (Wildman–Crippen LogP) is 1.78. The molecule has 8 heteroatoms. The lowest BCUT2D eigenvalue weighted by Crippen LogP contribution is -2.38. The number of carbonyl (C=O) groups is 4. The van der Waals surface area contributed by atoms with Gasteiger partial charge in [-0.2, -0.15) is 0 Å². The number of amides is 2.